The predicted molar refractivity (Wildman–Crippen MR) is 129 cm³/mol. The summed E-state index contributed by atoms with van der Waals surface area (Å²) in [4.78, 5) is 33.3. The van der Waals surface area contributed by atoms with E-state index in [0.29, 0.717) is 19.0 Å². The van der Waals surface area contributed by atoms with Gasteiger partial charge in [-0.1, -0.05) is 20.8 Å². The van der Waals surface area contributed by atoms with Gasteiger partial charge in [-0.2, -0.15) is 0 Å². The normalized spacial score (nSPS) is 18.1. The summed E-state index contributed by atoms with van der Waals surface area (Å²) in [7, 11) is 0. The lowest BCUT2D eigenvalue weighted by Gasteiger charge is -2.39. The van der Waals surface area contributed by atoms with Crippen LogP contribution in [0.3, 0.4) is 0 Å². The van der Waals surface area contributed by atoms with Crippen LogP contribution in [0.25, 0.3) is 0 Å². The zero-order valence-electron chi connectivity index (χ0n) is 19.7. The molecule has 0 aliphatic carbocycles. The second-order valence-electron chi connectivity index (χ2n) is 9.50. The standard InChI is InChI=1S/C26H34N4O3/c1-18(2)19(3)26(32)29-13-10-24(11-14-29)33-23-8-6-21(7-9-23)28-25(31)20-16-30(17-20)22-5-4-12-27-15-22/h4-9,12,15,18-20,24H,10-11,13-14,16-17H2,1-3H3,(H,28,31). The molecule has 33 heavy (non-hydrogen) atoms. The highest BCUT2D eigenvalue weighted by molar-refractivity contribution is 5.94. The number of anilines is 2. The Morgan fingerprint density at radius 3 is 2.36 bits per heavy atom. The number of carbonyl (C=O) groups excluding carboxylic acids is 2. The van der Waals surface area contributed by atoms with E-state index in [0.717, 1.165) is 43.1 Å². The summed E-state index contributed by atoms with van der Waals surface area (Å²) in [6.07, 6.45) is 5.35. The van der Waals surface area contributed by atoms with E-state index in [1.165, 1.54) is 0 Å². The van der Waals surface area contributed by atoms with Crippen molar-refractivity contribution in [1.82, 2.24) is 9.88 Å². The number of amides is 2. The van der Waals surface area contributed by atoms with Gasteiger partial charge in [0.2, 0.25) is 11.8 Å². The number of aromatic nitrogens is 1. The number of likely N-dealkylation sites (tertiary alicyclic amines) is 1. The topological polar surface area (TPSA) is 74.8 Å². The molecule has 2 aliphatic rings. The van der Waals surface area contributed by atoms with Crippen LogP contribution < -0.4 is 15.0 Å². The Labute approximate surface area is 196 Å². The highest BCUT2D eigenvalue weighted by atomic mass is 16.5. The first-order valence-electron chi connectivity index (χ1n) is 11.9. The fourth-order valence-corrected chi connectivity index (χ4v) is 4.22. The molecule has 2 saturated heterocycles. The monoisotopic (exact) mass is 450 g/mol. The summed E-state index contributed by atoms with van der Waals surface area (Å²) in [5.74, 6) is 1.47. The summed E-state index contributed by atoms with van der Waals surface area (Å²) in [6, 6.07) is 11.5. The first kappa shape index (κ1) is 23.1. The summed E-state index contributed by atoms with van der Waals surface area (Å²) >= 11 is 0. The molecule has 1 unspecified atom stereocenters. The number of carbonyl (C=O) groups is 2. The van der Waals surface area contributed by atoms with Crippen LogP contribution in [0.4, 0.5) is 11.4 Å². The van der Waals surface area contributed by atoms with Gasteiger partial charge in [-0.05, 0) is 42.3 Å². The van der Waals surface area contributed by atoms with Gasteiger partial charge in [-0.25, -0.2) is 0 Å². The summed E-state index contributed by atoms with van der Waals surface area (Å²) in [5.41, 5.74) is 1.82. The molecular formula is C26H34N4O3. The average molecular weight is 451 g/mol. The molecule has 0 saturated carbocycles. The number of rotatable bonds is 7. The van der Waals surface area contributed by atoms with Crippen molar-refractivity contribution in [3.63, 3.8) is 0 Å². The van der Waals surface area contributed by atoms with Gasteiger partial charge < -0.3 is 19.9 Å². The molecule has 1 aromatic carbocycles. The highest BCUT2D eigenvalue weighted by Crippen LogP contribution is 2.26. The Morgan fingerprint density at radius 2 is 1.76 bits per heavy atom. The van der Waals surface area contributed by atoms with E-state index in [2.05, 4.69) is 29.0 Å². The van der Waals surface area contributed by atoms with Gasteiger partial charge >= 0.3 is 0 Å². The lowest BCUT2D eigenvalue weighted by atomic mass is 9.95. The van der Waals surface area contributed by atoms with Gasteiger partial charge in [0.1, 0.15) is 11.9 Å². The van der Waals surface area contributed by atoms with Crippen LogP contribution in [0.2, 0.25) is 0 Å². The molecule has 2 aliphatic heterocycles. The second kappa shape index (κ2) is 10.2. The van der Waals surface area contributed by atoms with E-state index in [-0.39, 0.29) is 29.8 Å². The predicted octanol–water partition coefficient (Wildman–Crippen LogP) is 3.82. The third-order valence-electron chi connectivity index (χ3n) is 6.83. The summed E-state index contributed by atoms with van der Waals surface area (Å²) in [6.45, 7) is 9.09. The lowest BCUT2D eigenvalue weighted by Crippen LogP contribution is -2.52. The zero-order chi connectivity index (χ0) is 23.4. The molecule has 2 aromatic rings. The largest absolute Gasteiger partial charge is 0.490 e. The second-order valence-corrected chi connectivity index (χ2v) is 9.50. The first-order valence-corrected chi connectivity index (χ1v) is 11.9. The number of nitrogens with zero attached hydrogens (tertiary/aromatic N) is 3. The maximum absolute atomic E-state index is 12.5. The van der Waals surface area contributed by atoms with Gasteiger partial charge in [-0.15, -0.1) is 0 Å². The number of ether oxygens (including phenoxy) is 1. The van der Waals surface area contributed by atoms with Crippen molar-refractivity contribution in [2.45, 2.75) is 39.7 Å². The molecule has 0 bridgehead atoms. The lowest BCUT2D eigenvalue weighted by molar-refractivity contribution is -0.138. The Kier molecular flexibility index (Phi) is 7.16. The van der Waals surface area contributed by atoms with Crippen LogP contribution in [0.15, 0.2) is 48.8 Å². The van der Waals surface area contributed by atoms with Crippen LogP contribution >= 0.6 is 0 Å². The van der Waals surface area contributed by atoms with Gasteiger partial charge in [0.25, 0.3) is 0 Å². The molecule has 1 aromatic heterocycles. The molecule has 7 heteroatoms. The van der Waals surface area contributed by atoms with Crippen molar-refractivity contribution in [3.8, 4) is 5.75 Å². The number of benzene rings is 1. The molecule has 7 nitrogen and oxygen atoms in total. The van der Waals surface area contributed by atoms with Crippen LogP contribution in [-0.2, 0) is 9.59 Å². The number of hydrogen-bond donors (Lipinski definition) is 1. The van der Waals surface area contributed by atoms with Crippen molar-refractivity contribution < 1.29 is 14.3 Å². The van der Waals surface area contributed by atoms with E-state index < -0.39 is 0 Å². The third-order valence-corrected chi connectivity index (χ3v) is 6.83. The van der Waals surface area contributed by atoms with E-state index in [9.17, 15) is 9.59 Å². The van der Waals surface area contributed by atoms with E-state index >= 15 is 0 Å². The van der Waals surface area contributed by atoms with Gasteiger partial charge in [0, 0.05) is 56.8 Å². The van der Waals surface area contributed by atoms with Crippen LogP contribution in [-0.4, -0.2) is 54.0 Å². The molecule has 0 spiro atoms. The minimum Gasteiger partial charge on any atom is -0.490 e. The minimum atomic E-state index is -0.0209. The Balaban J connectivity index is 1.20. The van der Waals surface area contributed by atoms with Crippen molar-refractivity contribution in [2.75, 3.05) is 36.4 Å². The average Bonchev–Trinajstić information content (AvgIpc) is 2.79. The summed E-state index contributed by atoms with van der Waals surface area (Å²) < 4.78 is 6.13. The molecule has 1 N–H and O–H groups in total. The number of hydrogen-bond acceptors (Lipinski definition) is 5. The van der Waals surface area contributed by atoms with Crippen molar-refractivity contribution in [2.24, 2.45) is 17.8 Å². The maximum atomic E-state index is 12.5. The first-order chi connectivity index (χ1) is 15.9. The van der Waals surface area contributed by atoms with Crippen LogP contribution in [0, 0.1) is 17.8 Å². The zero-order valence-corrected chi connectivity index (χ0v) is 19.7. The van der Waals surface area contributed by atoms with Gasteiger partial charge in [0.05, 0.1) is 17.8 Å². The molecule has 1 atom stereocenters. The summed E-state index contributed by atoms with van der Waals surface area (Å²) in [5, 5.41) is 3.00. The van der Waals surface area contributed by atoms with Gasteiger partial charge in [-0.3, -0.25) is 14.6 Å². The smallest absolute Gasteiger partial charge is 0.231 e. The number of piperidine rings is 1. The van der Waals surface area contributed by atoms with E-state index in [1.807, 2.05) is 54.4 Å². The Bertz CT molecular complexity index is 934. The maximum Gasteiger partial charge on any atom is 0.231 e. The molecule has 2 fully saturated rings. The quantitative estimate of drug-likeness (QED) is 0.694. The fraction of sp³-hybridized carbons (Fsp3) is 0.500. The molecule has 4 rings (SSSR count). The number of nitrogens with one attached hydrogen (secondary N) is 1. The Hall–Kier alpha value is -3.09. The van der Waals surface area contributed by atoms with E-state index in [4.69, 9.17) is 4.74 Å². The van der Waals surface area contributed by atoms with Crippen molar-refractivity contribution in [1.29, 1.82) is 0 Å². The highest BCUT2D eigenvalue weighted by Gasteiger charge is 2.33. The molecular weight excluding hydrogens is 416 g/mol. The van der Waals surface area contributed by atoms with Crippen LogP contribution in [0.1, 0.15) is 33.6 Å². The molecule has 0 radical (unpaired) electrons. The van der Waals surface area contributed by atoms with Gasteiger partial charge in [0.15, 0.2) is 0 Å². The molecule has 176 valence electrons. The third kappa shape index (κ3) is 5.64. The number of pyridine rings is 1. The fourth-order valence-electron chi connectivity index (χ4n) is 4.22. The van der Waals surface area contributed by atoms with E-state index in [1.54, 1.807) is 6.20 Å². The van der Waals surface area contributed by atoms with Crippen molar-refractivity contribution >= 4 is 23.2 Å². The Morgan fingerprint density at radius 1 is 1.06 bits per heavy atom. The SMILES string of the molecule is CC(C)C(C)C(=O)N1CCC(Oc2ccc(NC(=O)C3CN(c4cccnc4)C3)cc2)CC1. The molecule has 3 heterocycles. The van der Waals surface area contributed by atoms with Crippen LogP contribution in [0.5, 0.6) is 5.75 Å². The van der Waals surface area contributed by atoms with Crippen molar-refractivity contribution in [3.05, 3.63) is 48.8 Å². The molecule has 2 amide bonds. The minimum absolute atomic E-state index is 0.0209.